The molecule has 0 aliphatic heterocycles. The van der Waals surface area contributed by atoms with Crippen LogP contribution in [-0.2, 0) is 6.54 Å². The van der Waals surface area contributed by atoms with Crippen molar-refractivity contribution < 1.29 is 14.3 Å². The van der Waals surface area contributed by atoms with E-state index in [-0.39, 0.29) is 11.0 Å². The largest absolute Gasteiger partial charge is 0.492 e. The lowest BCUT2D eigenvalue weighted by Gasteiger charge is -2.20. The van der Waals surface area contributed by atoms with E-state index in [4.69, 9.17) is 17.0 Å². The summed E-state index contributed by atoms with van der Waals surface area (Å²) < 4.78 is 6.55. The SMILES string of the molecule is CC(C)COc1ccc(Br)cc1C(=O)NC(=S)Nc1ccccc1C(=O)N(C)Cc1ccccc1. The quantitative estimate of drug-likeness (QED) is 0.340. The minimum absolute atomic E-state index is 0.0794. The number of halogens is 1. The van der Waals surface area contributed by atoms with E-state index in [1.165, 1.54) is 0 Å². The molecule has 0 aliphatic carbocycles. The predicted molar refractivity (Wildman–Crippen MR) is 147 cm³/mol. The first kappa shape index (κ1) is 26.4. The Morgan fingerprint density at radius 1 is 1.00 bits per heavy atom. The molecule has 2 N–H and O–H groups in total. The molecule has 0 spiro atoms. The molecule has 8 heteroatoms. The summed E-state index contributed by atoms with van der Waals surface area (Å²) in [6.07, 6.45) is 0. The summed E-state index contributed by atoms with van der Waals surface area (Å²) in [5.74, 6) is 0.210. The minimum Gasteiger partial charge on any atom is -0.492 e. The summed E-state index contributed by atoms with van der Waals surface area (Å²) in [5, 5.41) is 5.76. The summed E-state index contributed by atoms with van der Waals surface area (Å²) in [6.45, 7) is 5.02. The Morgan fingerprint density at radius 3 is 2.40 bits per heavy atom. The van der Waals surface area contributed by atoms with Crippen molar-refractivity contribution >= 4 is 50.8 Å². The number of amides is 2. The van der Waals surface area contributed by atoms with Crippen LogP contribution >= 0.6 is 28.1 Å². The van der Waals surface area contributed by atoms with Crippen LogP contribution in [0, 0.1) is 5.92 Å². The molecule has 0 saturated heterocycles. The van der Waals surface area contributed by atoms with Crippen LogP contribution in [0.15, 0.2) is 77.3 Å². The van der Waals surface area contributed by atoms with Gasteiger partial charge in [0.05, 0.1) is 23.4 Å². The maximum atomic E-state index is 13.1. The number of para-hydroxylation sites is 1. The number of nitrogens with zero attached hydrogens (tertiary/aromatic N) is 1. The second kappa shape index (κ2) is 12.5. The topological polar surface area (TPSA) is 70.7 Å². The molecular weight excluding hydrogens is 526 g/mol. The highest BCUT2D eigenvalue weighted by atomic mass is 79.9. The fourth-order valence-corrected chi connectivity index (χ4v) is 3.86. The van der Waals surface area contributed by atoms with Crippen LogP contribution in [0.4, 0.5) is 5.69 Å². The van der Waals surface area contributed by atoms with Crippen LogP contribution in [0.5, 0.6) is 5.75 Å². The Kier molecular flexibility index (Phi) is 9.39. The fraction of sp³-hybridized carbons (Fsp3) is 0.222. The second-order valence-electron chi connectivity index (χ2n) is 8.45. The molecule has 0 bridgehead atoms. The van der Waals surface area contributed by atoms with Crippen LogP contribution in [0.1, 0.15) is 40.1 Å². The summed E-state index contributed by atoms with van der Waals surface area (Å²) in [5.41, 5.74) is 2.34. The van der Waals surface area contributed by atoms with Crippen molar-refractivity contribution in [3.63, 3.8) is 0 Å². The highest BCUT2D eigenvalue weighted by Gasteiger charge is 2.19. The van der Waals surface area contributed by atoms with Gasteiger partial charge in [-0.25, -0.2) is 0 Å². The zero-order valence-electron chi connectivity index (χ0n) is 19.9. The lowest BCUT2D eigenvalue weighted by atomic mass is 10.1. The number of thiocarbonyl (C=S) groups is 1. The Balaban J connectivity index is 1.71. The van der Waals surface area contributed by atoms with Gasteiger partial charge in [0.15, 0.2) is 5.11 Å². The van der Waals surface area contributed by atoms with Gasteiger partial charge in [0.1, 0.15) is 5.75 Å². The van der Waals surface area contributed by atoms with E-state index in [2.05, 4.69) is 26.6 Å². The lowest BCUT2D eigenvalue weighted by molar-refractivity contribution is 0.0786. The lowest BCUT2D eigenvalue weighted by Crippen LogP contribution is -2.35. The number of rotatable bonds is 8. The average molecular weight is 555 g/mol. The second-order valence-corrected chi connectivity index (χ2v) is 9.77. The molecule has 0 aromatic heterocycles. The first-order chi connectivity index (χ1) is 16.7. The van der Waals surface area contributed by atoms with E-state index in [9.17, 15) is 9.59 Å². The molecule has 0 atom stereocenters. The highest BCUT2D eigenvalue weighted by molar-refractivity contribution is 9.10. The zero-order valence-corrected chi connectivity index (χ0v) is 22.3. The summed E-state index contributed by atoms with van der Waals surface area (Å²) in [7, 11) is 1.75. The van der Waals surface area contributed by atoms with Gasteiger partial charge >= 0.3 is 0 Å². The molecule has 182 valence electrons. The Morgan fingerprint density at radius 2 is 1.69 bits per heavy atom. The predicted octanol–water partition coefficient (Wildman–Crippen LogP) is 5.88. The number of anilines is 1. The van der Waals surface area contributed by atoms with Gasteiger partial charge in [0, 0.05) is 18.1 Å². The number of carbonyl (C=O) groups is 2. The molecule has 35 heavy (non-hydrogen) atoms. The van der Waals surface area contributed by atoms with E-state index in [0.717, 1.165) is 10.0 Å². The monoisotopic (exact) mass is 553 g/mol. The van der Waals surface area contributed by atoms with E-state index < -0.39 is 5.91 Å². The van der Waals surface area contributed by atoms with Crippen molar-refractivity contribution in [2.24, 2.45) is 5.92 Å². The zero-order chi connectivity index (χ0) is 25.4. The standard InChI is InChI=1S/C27H28BrN3O3S/c1-18(2)17-34-24-14-13-20(28)15-22(24)25(32)30-27(35)29-23-12-8-7-11-21(23)26(33)31(3)16-19-9-5-4-6-10-19/h4-15,18H,16-17H2,1-3H3,(H2,29,30,32,35). The Hall–Kier alpha value is -3.23. The molecule has 0 unspecified atom stereocenters. The van der Waals surface area contributed by atoms with Crippen molar-refractivity contribution in [1.82, 2.24) is 10.2 Å². The highest BCUT2D eigenvalue weighted by Crippen LogP contribution is 2.24. The Bertz CT molecular complexity index is 1200. The maximum Gasteiger partial charge on any atom is 0.261 e. The number of hydrogen-bond donors (Lipinski definition) is 2. The molecule has 0 saturated carbocycles. The average Bonchev–Trinajstić information content (AvgIpc) is 2.83. The molecular formula is C27H28BrN3O3S. The third kappa shape index (κ3) is 7.63. The van der Waals surface area contributed by atoms with Crippen molar-refractivity contribution in [2.45, 2.75) is 20.4 Å². The van der Waals surface area contributed by atoms with Gasteiger partial charge in [-0.1, -0.05) is 72.2 Å². The van der Waals surface area contributed by atoms with Crippen LogP contribution in [0.25, 0.3) is 0 Å². The van der Waals surface area contributed by atoms with Gasteiger partial charge in [0.25, 0.3) is 11.8 Å². The van der Waals surface area contributed by atoms with E-state index in [1.807, 2.05) is 50.2 Å². The molecule has 6 nitrogen and oxygen atoms in total. The fourth-order valence-electron chi connectivity index (χ4n) is 3.30. The molecule has 3 aromatic rings. The van der Waals surface area contributed by atoms with E-state index in [0.29, 0.717) is 41.6 Å². The van der Waals surface area contributed by atoms with E-state index in [1.54, 1.807) is 48.3 Å². The van der Waals surface area contributed by atoms with Crippen molar-refractivity contribution in [2.75, 3.05) is 19.0 Å². The van der Waals surface area contributed by atoms with Crippen LogP contribution in [0.2, 0.25) is 0 Å². The van der Waals surface area contributed by atoms with Gasteiger partial charge in [0.2, 0.25) is 0 Å². The van der Waals surface area contributed by atoms with E-state index >= 15 is 0 Å². The third-order valence-corrected chi connectivity index (χ3v) is 5.70. The number of nitrogens with one attached hydrogen (secondary N) is 2. The van der Waals surface area contributed by atoms with Gasteiger partial charge in [-0.2, -0.15) is 0 Å². The maximum absolute atomic E-state index is 13.1. The van der Waals surface area contributed by atoms with Crippen molar-refractivity contribution in [3.05, 3.63) is 94.0 Å². The number of benzene rings is 3. The van der Waals surface area contributed by atoms with Gasteiger partial charge in [-0.15, -0.1) is 0 Å². The number of carbonyl (C=O) groups excluding carboxylic acids is 2. The molecule has 2 amide bonds. The van der Waals surface area contributed by atoms with Gasteiger partial charge < -0.3 is 15.0 Å². The molecule has 0 fully saturated rings. The smallest absolute Gasteiger partial charge is 0.261 e. The number of ether oxygens (including phenoxy) is 1. The normalized spacial score (nSPS) is 10.5. The minimum atomic E-state index is -0.410. The van der Waals surface area contributed by atoms with Crippen LogP contribution < -0.4 is 15.4 Å². The molecule has 3 rings (SSSR count). The first-order valence-corrected chi connectivity index (χ1v) is 12.4. The van der Waals surface area contributed by atoms with Gasteiger partial charge in [-0.3, -0.25) is 14.9 Å². The Labute approximate surface area is 219 Å². The molecule has 0 heterocycles. The summed E-state index contributed by atoms with van der Waals surface area (Å²) >= 11 is 8.79. The third-order valence-electron chi connectivity index (χ3n) is 5.00. The van der Waals surface area contributed by atoms with Crippen LogP contribution in [0.3, 0.4) is 0 Å². The number of hydrogen-bond acceptors (Lipinski definition) is 4. The molecule has 0 radical (unpaired) electrons. The molecule has 3 aromatic carbocycles. The van der Waals surface area contributed by atoms with Crippen LogP contribution in [-0.4, -0.2) is 35.5 Å². The van der Waals surface area contributed by atoms with Crippen molar-refractivity contribution in [3.8, 4) is 5.75 Å². The first-order valence-electron chi connectivity index (χ1n) is 11.2. The summed E-state index contributed by atoms with van der Waals surface area (Å²) in [6, 6.07) is 22.1. The van der Waals surface area contributed by atoms with Gasteiger partial charge in [-0.05, 0) is 54.0 Å². The van der Waals surface area contributed by atoms with Crippen molar-refractivity contribution in [1.29, 1.82) is 0 Å². The summed E-state index contributed by atoms with van der Waals surface area (Å²) in [4.78, 5) is 27.8. The molecule has 0 aliphatic rings.